The van der Waals surface area contributed by atoms with E-state index in [4.69, 9.17) is 13.6 Å². The van der Waals surface area contributed by atoms with E-state index >= 15 is 0 Å². The largest absolute Gasteiger partial charge is 0.519 e. The molecule has 11 heteroatoms. The fraction of sp³-hybridized carbons (Fsp3) is 0.394. The lowest BCUT2D eigenvalue weighted by Crippen LogP contribution is -2.31. The minimum Gasteiger partial charge on any atom is -0.453 e. The summed E-state index contributed by atoms with van der Waals surface area (Å²) < 4.78 is 15.7. The van der Waals surface area contributed by atoms with Gasteiger partial charge in [-0.05, 0) is 80.0 Å². The standard InChI is InChI=1S/C33H35N3O6S2/c1-19-4-6-21(7-5-19)26-15-36(3)13-12-24(26)25-14-29(44-30(25)32(38)40-16-28-20(2)41-33(39)42-28)22-8-10-23(11-9-22)35-31(37)27-17-43-18-34-27/h8-11,14,17-19,21H,4-7,12-13,15-16H2,1-3H3,(H,35,37). The summed E-state index contributed by atoms with van der Waals surface area (Å²) in [6, 6.07) is 9.70. The maximum Gasteiger partial charge on any atom is 0.519 e. The van der Waals surface area contributed by atoms with Crippen molar-refractivity contribution in [2.45, 2.75) is 52.6 Å². The molecular weight excluding hydrogens is 599 g/mol. The highest BCUT2D eigenvalue weighted by molar-refractivity contribution is 7.17. The van der Waals surface area contributed by atoms with Crippen LogP contribution in [0.15, 0.2) is 60.4 Å². The van der Waals surface area contributed by atoms with Gasteiger partial charge in [-0.2, -0.15) is 0 Å². The lowest BCUT2D eigenvalue weighted by molar-refractivity contribution is 0.0448. The maximum atomic E-state index is 13.7. The summed E-state index contributed by atoms with van der Waals surface area (Å²) in [6.07, 6.45) is 5.62. The average Bonchev–Trinajstić information content (AvgIpc) is 3.77. The lowest BCUT2D eigenvalue weighted by atomic mass is 9.75. The van der Waals surface area contributed by atoms with E-state index in [-0.39, 0.29) is 18.3 Å². The van der Waals surface area contributed by atoms with Crippen molar-refractivity contribution in [3.05, 3.63) is 85.1 Å². The number of rotatable bonds is 8. The van der Waals surface area contributed by atoms with Gasteiger partial charge in [-0.3, -0.25) is 4.79 Å². The number of ether oxygens (including phenoxy) is 1. The molecule has 0 atom stereocenters. The third-order valence-corrected chi connectivity index (χ3v) is 10.3. The van der Waals surface area contributed by atoms with E-state index in [0.29, 0.717) is 27.9 Å². The summed E-state index contributed by atoms with van der Waals surface area (Å²) in [7, 11) is 2.16. The number of nitrogens with zero attached hydrogens (tertiary/aromatic N) is 2. The number of amides is 1. The first-order chi connectivity index (χ1) is 21.2. The highest BCUT2D eigenvalue weighted by Gasteiger charge is 2.31. The highest BCUT2D eigenvalue weighted by atomic mass is 32.1. The molecule has 1 fully saturated rings. The SMILES string of the molecule is Cc1oc(=O)oc1COC(=O)c1sc(-c2ccc(NC(=O)c3cscn3)cc2)cc1C1=C(C2CCC(C)CC2)CN(C)CC1. The normalized spacial score (nSPS) is 19.2. The summed E-state index contributed by atoms with van der Waals surface area (Å²) >= 11 is 2.76. The molecule has 1 amide bonds. The molecule has 44 heavy (non-hydrogen) atoms. The van der Waals surface area contributed by atoms with Crippen LogP contribution < -0.4 is 11.1 Å². The number of hydrogen-bond donors (Lipinski definition) is 1. The maximum absolute atomic E-state index is 13.7. The van der Waals surface area contributed by atoms with Gasteiger partial charge in [0, 0.05) is 34.6 Å². The molecular formula is C33H35N3O6S2. The number of thiazole rings is 1. The molecule has 230 valence electrons. The van der Waals surface area contributed by atoms with Crippen molar-refractivity contribution in [2.75, 3.05) is 25.5 Å². The Balaban J connectivity index is 1.33. The van der Waals surface area contributed by atoms with Crippen molar-refractivity contribution < 1.29 is 23.2 Å². The van der Waals surface area contributed by atoms with Gasteiger partial charge in [-0.1, -0.05) is 31.9 Å². The summed E-state index contributed by atoms with van der Waals surface area (Å²) in [6.45, 7) is 5.55. The average molecular weight is 634 g/mol. The molecule has 1 aliphatic carbocycles. The van der Waals surface area contributed by atoms with Gasteiger partial charge in [-0.15, -0.1) is 22.7 Å². The molecule has 1 aliphatic heterocycles. The third kappa shape index (κ3) is 6.64. The van der Waals surface area contributed by atoms with E-state index in [1.807, 2.05) is 24.3 Å². The molecule has 1 saturated carbocycles. The monoisotopic (exact) mass is 633 g/mol. The van der Waals surface area contributed by atoms with E-state index in [2.05, 4.69) is 35.2 Å². The van der Waals surface area contributed by atoms with Crippen LogP contribution in [0.4, 0.5) is 5.69 Å². The number of aryl methyl sites for hydroxylation is 1. The molecule has 0 saturated heterocycles. The quantitative estimate of drug-likeness (QED) is 0.202. The van der Waals surface area contributed by atoms with Crippen LogP contribution in [0.5, 0.6) is 0 Å². The lowest BCUT2D eigenvalue weighted by Gasteiger charge is -2.35. The Morgan fingerprint density at radius 2 is 1.91 bits per heavy atom. The number of benzene rings is 1. The van der Waals surface area contributed by atoms with Crippen LogP contribution in [0.1, 0.15) is 76.3 Å². The van der Waals surface area contributed by atoms with E-state index in [1.165, 1.54) is 46.7 Å². The molecule has 0 bridgehead atoms. The second-order valence-electron chi connectivity index (χ2n) is 11.7. The molecule has 4 heterocycles. The number of esters is 1. The molecule has 1 aromatic carbocycles. The fourth-order valence-corrected chi connectivity index (χ4v) is 7.69. The summed E-state index contributed by atoms with van der Waals surface area (Å²) in [4.78, 5) is 45.5. The van der Waals surface area contributed by atoms with E-state index in [9.17, 15) is 14.4 Å². The Morgan fingerprint density at radius 3 is 2.59 bits per heavy atom. The molecule has 3 aromatic heterocycles. The number of anilines is 1. The van der Waals surface area contributed by atoms with Crippen LogP contribution in [0, 0.1) is 18.8 Å². The van der Waals surface area contributed by atoms with E-state index in [0.717, 1.165) is 54.3 Å². The Labute approximate surface area is 263 Å². The minimum absolute atomic E-state index is 0.189. The van der Waals surface area contributed by atoms with Gasteiger partial charge < -0.3 is 23.8 Å². The molecule has 1 N–H and O–H groups in total. The molecule has 6 rings (SSSR count). The Bertz CT molecular complexity index is 1720. The zero-order valence-electron chi connectivity index (χ0n) is 25.0. The summed E-state index contributed by atoms with van der Waals surface area (Å²) in [5.74, 6) is 0.202. The van der Waals surface area contributed by atoms with Crippen molar-refractivity contribution in [1.82, 2.24) is 9.88 Å². The Morgan fingerprint density at radius 1 is 1.14 bits per heavy atom. The molecule has 4 aromatic rings. The number of carbonyl (C=O) groups excluding carboxylic acids is 2. The first-order valence-electron chi connectivity index (χ1n) is 14.9. The Hall–Kier alpha value is -3.80. The van der Waals surface area contributed by atoms with Gasteiger partial charge in [0.1, 0.15) is 10.6 Å². The van der Waals surface area contributed by atoms with Gasteiger partial charge in [0.05, 0.1) is 5.51 Å². The Kier molecular flexibility index (Phi) is 8.97. The predicted molar refractivity (Wildman–Crippen MR) is 171 cm³/mol. The third-order valence-electron chi connectivity index (χ3n) is 8.58. The van der Waals surface area contributed by atoms with Crippen molar-refractivity contribution >= 4 is 45.8 Å². The van der Waals surface area contributed by atoms with Crippen LogP contribution >= 0.6 is 22.7 Å². The van der Waals surface area contributed by atoms with E-state index < -0.39 is 11.8 Å². The number of likely N-dealkylation sites (N-methyl/N-ethyl adjacent to an activating group) is 1. The summed E-state index contributed by atoms with van der Waals surface area (Å²) in [5.41, 5.74) is 7.19. The van der Waals surface area contributed by atoms with E-state index in [1.54, 1.807) is 17.8 Å². The molecule has 2 aliphatic rings. The first kappa shape index (κ1) is 30.2. The number of carbonyl (C=O) groups is 2. The molecule has 0 spiro atoms. The second kappa shape index (κ2) is 13.1. The fourth-order valence-electron chi connectivity index (χ4n) is 6.07. The van der Waals surface area contributed by atoms with Crippen molar-refractivity contribution in [2.24, 2.45) is 11.8 Å². The van der Waals surface area contributed by atoms with Crippen LogP contribution in [0.25, 0.3) is 16.0 Å². The van der Waals surface area contributed by atoms with Gasteiger partial charge in [-0.25, -0.2) is 14.6 Å². The number of aromatic nitrogens is 1. The molecule has 0 radical (unpaired) electrons. The minimum atomic E-state index is -0.818. The van der Waals surface area contributed by atoms with Crippen molar-refractivity contribution in [3.63, 3.8) is 0 Å². The van der Waals surface area contributed by atoms with Crippen LogP contribution in [-0.4, -0.2) is 41.9 Å². The summed E-state index contributed by atoms with van der Waals surface area (Å²) in [5, 5.41) is 4.59. The number of hydrogen-bond acceptors (Lipinski definition) is 10. The van der Waals surface area contributed by atoms with Crippen molar-refractivity contribution in [3.8, 4) is 10.4 Å². The topological polar surface area (TPSA) is 115 Å². The van der Waals surface area contributed by atoms with Crippen LogP contribution in [-0.2, 0) is 11.3 Å². The predicted octanol–water partition coefficient (Wildman–Crippen LogP) is 7.25. The first-order valence-corrected chi connectivity index (χ1v) is 16.6. The smallest absolute Gasteiger partial charge is 0.453 e. The molecule has 0 unspecified atom stereocenters. The van der Waals surface area contributed by atoms with Gasteiger partial charge in [0.2, 0.25) is 0 Å². The van der Waals surface area contributed by atoms with Gasteiger partial charge in [0.25, 0.3) is 5.91 Å². The second-order valence-corrected chi connectivity index (χ2v) is 13.5. The van der Waals surface area contributed by atoms with Gasteiger partial charge in [0.15, 0.2) is 18.1 Å². The number of nitrogens with one attached hydrogen (secondary N) is 1. The van der Waals surface area contributed by atoms with Crippen molar-refractivity contribution in [1.29, 1.82) is 0 Å². The number of thiophene rings is 1. The zero-order chi connectivity index (χ0) is 30.8. The molecule has 9 nitrogen and oxygen atoms in total. The highest BCUT2D eigenvalue weighted by Crippen LogP contribution is 2.43. The zero-order valence-corrected chi connectivity index (χ0v) is 26.6. The van der Waals surface area contributed by atoms with Crippen LogP contribution in [0.2, 0.25) is 0 Å². The van der Waals surface area contributed by atoms with Gasteiger partial charge >= 0.3 is 11.8 Å². The van der Waals surface area contributed by atoms with Crippen LogP contribution in [0.3, 0.4) is 0 Å².